The van der Waals surface area contributed by atoms with E-state index in [0.717, 1.165) is 18.5 Å². The van der Waals surface area contributed by atoms with Gasteiger partial charge in [-0.3, -0.25) is 4.79 Å². The van der Waals surface area contributed by atoms with Gasteiger partial charge < -0.3 is 9.64 Å². The molecular weight excluding hydrogens is 230 g/mol. The van der Waals surface area contributed by atoms with E-state index in [-0.39, 0.29) is 11.9 Å². The van der Waals surface area contributed by atoms with Crippen LogP contribution in [0.2, 0.25) is 0 Å². The van der Waals surface area contributed by atoms with E-state index in [1.165, 1.54) is 7.11 Å². The van der Waals surface area contributed by atoms with E-state index >= 15 is 0 Å². The number of rotatable bonds is 2. The Labute approximate surface area is 106 Å². The molecule has 4 heteroatoms. The monoisotopic (exact) mass is 245 g/mol. The predicted molar refractivity (Wildman–Crippen MR) is 68.0 cm³/mol. The zero-order valence-corrected chi connectivity index (χ0v) is 10.5. The quantitative estimate of drug-likeness (QED) is 0.745. The molecule has 0 atom stereocenters. The van der Waals surface area contributed by atoms with Crippen LogP contribution < -0.4 is 0 Å². The maximum Gasteiger partial charge on any atom is 0.337 e. The van der Waals surface area contributed by atoms with Crippen LogP contribution in [-0.2, 0) is 9.53 Å². The first kappa shape index (κ1) is 12.4. The molecule has 0 bridgehead atoms. The highest BCUT2D eigenvalue weighted by Crippen LogP contribution is 2.21. The van der Waals surface area contributed by atoms with Crippen molar-refractivity contribution in [2.75, 3.05) is 20.7 Å². The SMILES string of the molecule is COC(=O)c1ccc(C2=CCCN(C)C2=O)cc1. The van der Waals surface area contributed by atoms with E-state index in [9.17, 15) is 9.59 Å². The van der Waals surface area contributed by atoms with E-state index in [2.05, 4.69) is 4.74 Å². The summed E-state index contributed by atoms with van der Waals surface area (Å²) < 4.78 is 4.63. The number of ether oxygens (including phenoxy) is 1. The van der Waals surface area contributed by atoms with E-state index < -0.39 is 0 Å². The molecule has 0 spiro atoms. The second kappa shape index (κ2) is 5.04. The number of amides is 1. The number of hydrogen-bond donors (Lipinski definition) is 0. The van der Waals surface area contributed by atoms with Crippen molar-refractivity contribution in [1.29, 1.82) is 0 Å². The molecule has 2 rings (SSSR count). The molecule has 0 saturated heterocycles. The maximum absolute atomic E-state index is 12.0. The highest BCUT2D eigenvalue weighted by molar-refractivity contribution is 6.20. The molecule has 1 aliphatic rings. The highest BCUT2D eigenvalue weighted by atomic mass is 16.5. The normalized spacial score (nSPS) is 15.3. The number of nitrogens with zero attached hydrogens (tertiary/aromatic N) is 1. The van der Waals surface area contributed by atoms with Gasteiger partial charge >= 0.3 is 5.97 Å². The van der Waals surface area contributed by atoms with Crippen molar-refractivity contribution in [1.82, 2.24) is 4.90 Å². The number of esters is 1. The van der Waals surface area contributed by atoms with Gasteiger partial charge in [-0.15, -0.1) is 0 Å². The molecule has 1 aromatic carbocycles. The largest absolute Gasteiger partial charge is 0.465 e. The van der Waals surface area contributed by atoms with Gasteiger partial charge in [0.15, 0.2) is 0 Å². The van der Waals surface area contributed by atoms with Crippen LogP contribution in [0.4, 0.5) is 0 Å². The number of methoxy groups -OCH3 is 1. The molecule has 1 aromatic rings. The minimum absolute atomic E-state index is 0.0204. The molecule has 4 nitrogen and oxygen atoms in total. The average Bonchev–Trinajstić information content (AvgIpc) is 2.41. The van der Waals surface area contributed by atoms with Crippen molar-refractivity contribution in [3.05, 3.63) is 41.5 Å². The van der Waals surface area contributed by atoms with Gasteiger partial charge in [-0.25, -0.2) is 4.79 Å². The number of benzene rings is 1. The van der Waals surface area contributed by atoms with Crippen molar-refractivity contribution in [3.63, 3.8) is 0 Å². The Balaban J connectivity index is 2.27. The van der Waals surface area contributed by atoms with E-state index in [1.54, 1.807) is 36.2 Å². The molecule has 0 N–H and O–H groups in total. The molecule has 0 aliphatic carbocycles. The van der Waals surface area contributed by atoms with Crippen LogP contribution in [-0.4, -0.2) is 37.5 Å². The standard InChI is InChI=1S/C14H15NO3/c1-15-9-3-4-12(13(15)16)10-5-7-11(8-6-10)14(17)18-2/h4-8H,3,9H2,1-2H3. The summed E-state index contributed by atoms with van der Waals surface area (Å²) in [4.78, 5) is 25.0. The van der Waals surface area contributed by atoms with Crippen LogP contribution in [0, 0.1) is 0 Å². The summed E-state index contributed by atoms with van der Waals surface area (Å²) in [6.45, 7) is 0.753. The minimum Gasteiger partial charge on any atom is -0.465 e. The molecule has 1 amide bonds. The van der Waals surface area contributed by atoms with E-state index in [4.69, 9.17) is 0 Å². The summed E-state index contributed by atoms with van der Waals surface area (Å²) in [5.41, 5.74) is 2.01. The van der Waals surface area contributed by atoms with Gasteiger partial charge in [0.1, 0.15) is 0 Å². The molecule has 0 radical (unpaired) electrons. The predicted octanol–water partition coefficient (Wildman–Crippen LogP) is 1.72. The zero-order chi connectivity index (χ0) is 13.1. The second-order valence-corrected chi connectivity index (χ2v) is 4.20. The number of carbonyl (C=O) groups is 2. The fraction of sp³-hybridized carbons (Fsp3) is 0.286. The van der Waals surface area contributed by atoms with Gasteiger partial charge in [0, 0.05) is 19.2 Å². The molecular formula is C14H15NO3. The Morgan fingerprint density at radius 1 is 1.28 bits per heavy atom. The zero-order valence-electron chi connectivity index (χ0n) is 10.5. The molecule has 18 heavy (non-hydrogen) atoms. The van der Waals surface area contributed by atoms with E-state index in [1.807, 2.05) is 6.08 Å². The van der Waals surface area contributed by atoms with Gasteiger partial charge in [0.25, 0.3) is 5.91 Å². The van der Waals surface area contributed by atoms with Crippen LogP contribution in [0.15, 0.2) is 30.3 Å². The Morgan fingerprint density at radius 3 is 2.56 bits per heavy atom. The van der Waals surface area contributed by atoms with Crippen LogP contribution in [0.5, 0.6) is 0 Å². The Morgan fingerprint density at radius 2 is 1.94 bits per heavy atom. The molecule has 94 valence electrons. The smallest absolute Gasteiger partial charge is 0.337 e. The van der Waals surface area contributed by atoms with Gasteiger partial charge in [0.05, 0.1) is 12.7 Å². The fourth-order valence-electron chi connectivity index (χ4n) is 1.94. The van der Waals surface area contributed by atoms with Crippen LogP contribution >= 0.6 is 0 Å². The first-order valence-corrected chi connectivity index (χ1v) is 5.78. The Hall–Kier alpha value is -2.10. The summed E-state index contributed by atoms with van der Waals surface area (Å²) in [7, 11) is 3.14. The van der Waals surface area contributed by atoms with E-state index in [0.29, 0.717) is 11.1 Å². The van der Waals surface area contributed by atoms with Gasteiger partial charge in [-0.1, -0.05) is 18.2 Å². The van der Waals surface area contributed by atoms with Gasteiger partial charge in [-0.05, 0) is 24.1 Å². The molecule has 0 fully saturated rings. The topological polar surface area (TPSA) is 46.6 Å². The lowest BCUT2D eigenvalue weighted by atomic mass is 9.99. The summed E-state index contributed by atoms with van der Waals surface area (Å²) in [5.74, 6) is -0.352. The maximum atomic E-state index is 12.0. The summed E-state index contributed by atoms with van der Waals surface area (Å²) in [6, 6.07) is 6.89. The third-order valence-electron chi connectivity index (χ3n) is 3.01. The molecule has 1 aliphatic heterocycles. The minimum atomic E-state index is -0.373. The van der Waals surface area contributed by atoms with Gasteiger partial charge in [0.2, 0.25) is 0 Å². The van der Waals surface area contributed by atoms with Crippen molar-refractivity contribution in [3.8, 4) is 0 Å². The van der Waals surface area contributed by atoms with Gasteiger partial charge in [-0.2, -0.15) is 0 Å². The fourth-order valence-corrected chi connectivity index (χ4v) is 1.94. The third kappa shape index (κ3) is 2.27. The van der Waals surface area contributed by atoms with Crippen molar-refractivity contribution < 1.29 is 14.3 Å². The van der Waals surface area contributed by atoms with Crippen LogP contribution in [0.1, 0.15) is 22.3 Å². The average molecular weight is 245 g/mol. The number of carbonyl (C=O) groups excluding carboxylic acids is 2. The van der Waals surface area contributed by atoms with Crippen molar-refractivity contribution >= 4 is 17.4 Å². The second-order valence-electron chi connectivity index (χ2n) is 4.20. The lowest BCUT2D eigenvalue weighted by Gasteiger charge is -2.23. The highest BCUT2D eigenvalue weighted by Gasteiger charge is 2.19. The summed E-state index contributed by atoms with van der Waals surface area (Å²) in [6.07, 6.45) is 2.80. The molecule has 1 heterocycles. The summed E-state index contributed by atoms with van der Waals surface area (Å²) in [5, 5.41) is 0. The molecule has 0 unspecified atom stereocenters. The molecule has 0 aromatic heterocycles. The first-order valence-electron chi connectivity index (χ1n) is 5.78. The number of hydrogen-bond acceptors (Lipinski definition) is 3. The van der Waals surface area contributed by atoms with Crippen molar-refractivity contribution in [2.45, 2.75) is 6.42 Å². The molecule has 0 saturated carbocycles. The van der Waals surface area contributed by atoms with Crippen molar-refractivity contribution in [2.24, 2.45) is 0 Å². The summed E-state index contributed by atoms with van der Waals surface area (Å²) >= 11 is 0. The first-order chi connectivity index (χ1) is 8.63. The lowest BCUT2D eigenvalue weighted by Crippen LogP contribution is -2.31. The lowest BCUT2D eigenvalue weighted by molar-refractivity contribution is -0.124. The number of likely N-dealkylation sites (N-methyl/N-ethyl adjacent to an activating group) is 1. The third-order valence-corrected chi connectivity index (χ3v) is 3.01. The Kier molecular flexibility index (Phi) is 3.46. The van der Waals surface area contributed by atoms with Crippen LogP contribution in [0.3, 0.4) is 0 Å². The Bertz CT molecular complexity index is 502. The van der Waals surface area contributed by atoms with Crippen LogP contribution in [0.25, 0.3) is 5.57 Å².